The van der Waals surface area contributed by atoms with Crippen molar-refractivity contribution in [2.24, 2.45) is 0 Å². The first-order valence-electron chi connectivity index (χ1n) is 5.66. The predicted molar refractivity (Wildman–Crippen MR) is 64.8 cm³/mol. The molecule has 6 heteroatoms. The monoisotopic (exact) mass is 265 g/mol. The molecule has 1 aromatic carbocycles. The highest BCUT2D eigenvalue weighted by Crippen LogP contribution is 2.33. The fraction of sp³-hybridized carbons (Fsp3) is 0.231. The normalized spacial score (nSPS) is 10.5. The van der Waals surface area contributed by atoms with Crippen LogP contribution in [0.15, 0.2) is 22.6 Å². The van der Waals surface area contributed by atoms with Crippen molar-refractivity contribution >= 4 is 5.97 Å². The van der Waals surface area contributed by atoms with Crippen LogP contribution in [0.1, 0.15) is 23.4 Å². The minimum atomic E-state index is -1.23. The summed E-state index contributed by atoms with van der Waals surface area (Å²) >= 11 is 0. The lowest BCUT2D eigenvalue weighted by molar-refractivity contribution is 0.0662. The fourth-order valence-corrected chi connectivity index (χ4v) is 1.72. The lowest BCUT2D eigenvalue weighted by atomic mass is 10.1. The van der Waals surface area contributed by atoms with E-state index in [2.05, 4.69) is 4.98 Å². The number of benzene rings is 1. The number of carboxylic acid groups (broad SMARTS) is 1. The molecule has 0 aliphatic heterocycles. The van der Waals surface area contributed by atoms with Crippen molar-refractivity contribution in [3.63, 3.8) is 0 Å². The van der Waals surface area contributed by atoms with E-state index in [1.54, 1.807) is 13.8 Å². The van der Waals surface area contributed by atoms with Gasteiger partial charge < -0.3 is 14.3 Å². The lowest BCUT2D eigenvalue weighted by Crippen LogP contribution is -2.00. The summed E-state index contributed by atoms with van der Waals surface area (Å²) < 4.78 is 23.5. The zero-order chi connectivity index (χ0) is 14.0. The van der Waals surface area contributed by atoms with Gasteiger partial charge in [-0.3, -0.25) is 0 Å². The predicted octanol–water partition coefficient (Wildman–Crippen LogP) is 2.89. The second kappa shape index (κ2) is 5.09. The highest BCUT2D eigenvalue weighted by atomic mass is 19.1. The zero-order valence-electron chi connectivity index (χ0n) is 10.4. The smallest absolute Gasteiger partial charge is 0.374 e. The Balaban J connectivity index is 2.61. The van der Waals surface area contributed by atoms with Crippen LogP contribution in [0.5, 0.6) is 5.75 Å². The van der Waals surface area contributed by atoms with E-state index >= 15 is 0 Å². The highest BCUT2D eigenvalue weighted by molar-refractivity contribution is 5.92. The Morgan fingerprint density at radius 3 is 2.89 bits per heavy atom. The van der Waals surface area contributed by atoms with Crippen molar-refractivity contribution in [2.45, 2.75) is 13.8 Å². The molecule has 2 rings (SSSR count). The minimum Gasteiger partial charge on any atom is -0.493 e. The van der Waals surface area contributed by atoms with Crippen LogP contribution in [0, 0.1) is 12.7 Å². The number of aromatic nitrogens is 1. The average molecular weight is 265 g/mol. The lowest BCUT2D eigenvalue weighted by Gasteiger charge is -2.08. The molecule has 0 amide bonds. The number of hydrogen-bond donors (Lipinski definition) is 1. The summed E-state index contributed by atoms with van der Waals surface area (Å²) in [5.74, 6) is -1.53. The van der Waals surface area contributed by atoms with Gasteiger partial charge in [0.2, 0.25) is 5.76 Å². The van der Waals surface area contributed by atoms with Crippen LogP contribution >= 0.6 is 0 Å². The van der Waals surface area contributed by atoms with Gasteiger partial charge in [0, 0.05) is 18.6 Å². The third-order valence-electron chi connectivity index (χ3n) is 2.43. The summed E-state index contributed by atoms with van der Waals surface area (Å²) in [6.45, 7) is 3.62. The molecular weight excluding hydrogens is 253 g/mol. The number of carbonyl (C=O) groups is 1. The van der Waals surface area contributed by atoms with Gasteiger partial charge in [0.25, 0.3) is 0 Å². The van der Waals surface area contributed by atoms with Crippen molar-refractivity contribution in [3.8, 4) is 17.0 Å². The Kier molecular flexibility index (Phi) is 3.50. The van der Waals surface area contributed by atoms with Gasteiger partial charge >= 0.3 is 5.97 Å². The van der Waals surface area contributed by atoms with E-state index in [9.17, 15) is 9.18 Å². The molecule has 0 spiro atoms. The maximum absolute atomic E-state index is 13.2. The second-order valence-corrected chi connectivity index (χ2v) is 3.79. The molecule has 0 saturated carbocycles. The molecule has 0 aliphatic carbocycles. The van der Waals surface area contributed by atoms with E-state index in [-0.39, 0.29) is 23.1 Å². The van der Waals surface area contributed by atoms with Gasteiger partial charge in [-0.15, -0.1) is 0 Å². The van der Waals surface area contributed by atoms with Gasteiger partial charge in [0.05, 0.1) is 6.61 Å². The number of aromatic carboxylic acids is 1. The van der Waals surface area contributed by atoms with Gasteiger partial charge in [-0.2, -0.15) is 0 Å². The van der Waals surface area contributed by atoms with E-state index in [4.69, 9.17) is 14.3 Å². The molecule has 0 fully saturated rings. The van der Waals surface area contributed by atoms with Gasteiger partial charge in [-0.25, -0.2) is 14.2 Å². The van der Waals surface area contributed by atoms with Gasteiger partial charge in [-0.05, 0) is 19.1 Å². The molecule has 19 heavy (non-hydrogen) atoms. The molecule has 100 valence electrons. The summed E-state index contributed by atoms with van der Waals surface area (Å²) in [6.07, 6.45) is 0. The van der Waals surface area contributed by atoms with Gasteiger partial charge in [0.1, 0.15) is 17.3 Å². The Morgan fingerprint density at radius 2 is 2.26 bits per heavy atom. The molecular formula is C13H12FNO4. The quantitative estimate of drug-likeness (QED) is 0.920. The Hall–Kier alpha value is -2.37. The maximum atomic E-state index is 13.2. The standard InChI is InChI=1S/C13H12FNO4/c1-3-18-10-6-8(14)4-5-9(10)11-12(13(16)17)19-7(2)15-11/h4-6H,3H2,1-2H3,(H,16,17). The van der Waals surface area contributed by atoms with Crippen LogP contribution in [0.4, 0.5) is 4.39 Å². The average Bonchev–Trinajstić information content (AvgIpc) is 2.72. The number of carboxylic acids is 1. The van der Waals surface area contributed by atoms with E-state index in [1.165, 1.54) is 18.2 Å². The number of hydrogen-bond acceptors (Lipinski definition) is 4. The van der Waals surface area contributed by atoms with E-state index in [0.29, 0.717) is 12.2 Å². The van der Waals surface area contributed by atoms with Crippen molar-refractivity contribution in [1.82, 2.24) is 4.98 Å². The van der Waals surface area contributed by atoms with Crippen LogP contribution in [0.2, 0.25) is 0 Å². The Morgan fingerprint density at radius 1 is 1.53 bits per heavy atom. The minimum absolute atomic E-state index is 0.133. The van der Waals surface area contributed by atoms with Crippen molar-refractivity contribution in [2.75, 3.05) is 6.61 Å². The first kappa shape index (κ1) is 13.1. The number of nitrogens with zero attached hydrogens (tertiary/aromatic N) is 1. The van der Waals surface area contributed by atoms with Crippen molar-refractivity contribution in [3.05, 3.63) is 35.7 Å². The first-order chi connectivity index (χ1) is 9.02. The molecule has 0 atom stereocenters. The van der Waals surface area contributed by atoms with E-state index in [1.807, 2.05) is 0 Å². The van der Waals surface area contributed by atoms with Crippen LogP contribution in [0.3, 0.4) is 0 Å². The van der Waals surface area contributed by atoms with Crippen LogP contribution < -0.4 is 4.74 Å². The molecule has 1 aromatic heterocycles. The molecule has 0 unspecified atom stereocenters. The number of aryl methyl sites for hydroxylation is 1. The van der Waals surface area contributed by atoms with Crippen molar-refractivity contribution < 1.29 is 23.4 Å². The van der Waals surface area contributed by atoms with E-state index < -0.39 is 11.8 Å². The molecule has 0 saturated heterocycles. The topological polar surface area (TPSA) is 72.6 Å². The molecule has 1 heterocycles. The zero-order valence-corrected chi connectivity index (χ0v) is 10.4. The molecule has 0 radical (unpaired) electrons. The molecule has 2 aromatic rings. The third kappa shape index (κ3) is 2.57. The summed E-state index contributed by atoms with van der Waals surface area (Å²) in [4.78, 5) is 15.1. The van der Waals surface area contributed by atoms with Crippen LogP contribution in [0.25, 0.3) is 11.3 Å². The van der Waals surface area contributed by atoms with Crippen molar-refractivity contribution in [1.29, 1.82) is 0 Å². The summed E-state index contributed by atoms with van der Waals surface area (Å²) in [5.41, 5.74) is 0.519. The van der Waals surface area contributed by atoms with Crippen LogP contribution in [-0.2, 0) is 0 Å². The summed E-state index contributed by atoms with van der Waals surface area (Å²) in [6, 6.07) is 3.83. The number of ether oxygens (including phenoxy) is 1. The van der Waals surface area contributed by atoms with Gasteiger partial charge in [-0.1, -0.05) is 0 Å². The van der Waals surface area contributed by atoms with Gasteiger partial charge in [0.15, 0.2) is 5.89 Å². The molecule has 0 bridgehead atoms. The first-order valence-corrected chi connectivity index (χ1v) is 5.66. The largest absolute Gasteiger partial charge is 0.493 e. The SMILES string of the molecule is CCOc1cc(F)ccc1-c1nc(C)oc1C(=O)O. The summed E-state index contributed by atoms with van der Waals surface area (Å²) in [5, 5.41) is 9.07. The Labute approximate surface area is 108 Å². The maximum Gasteiger partial charge on any atom is 0.374 e. The number of rotatable bonds is 4. The second-order valence-electron chi connectivity index (χ2n) is 3.79. The Bertz CT molecular complexity index is 621. The molecule has 0 aliphatic rings. The van der Waals surface area contributed by atoms with E-state index in [0.717, 1.165) is 0 Å². The number of oxazole rings is 1. The highest BCUT2D eigenvalue weighted by Gasteiger charge is 2.22. The number of halogens is 1. The third-order valence-corrected chi connectivity index (χ3v) is 2.43. The molecule has 5 nitrogen and oxygen atoms in total. The fourth-order valence-electron chi connectivity index (χ4n) is 1.72. The summed E-state index contributed by atoms with van der Waals surface area (Å²) in [7, 11) is 0. The van der Waals surface area contributed by atoms with Crippen LogP contribution in [-0.4, -0.2) is 22.7 Å². The molecule has 1 N–H and O–H groups in total.